The standard InChI is InChI=1S/C21H42N4O2S.HI/c1-20(2,13-16-28(4,26)27)17-23-19(22-3)24-18-21(11-7-5-8-12-21)25-14-9-6-10-15-25;/h5-18H2,1-4H3,(H2,22,23,24);1H. The van der Waals surface area contributed by atoms with E-state index < -0.39 is 9.84 Å². The van der Waals surface area contributed by atoms with Gasteiger partial charge in [0.05, 0.1) is 5.75 Å². The number of guanidine groups is 1. The van der Waals surface area contributed by atoms with Crippen LogP contribution in [0.1, 0.15) is 71.6 Å². The second kappa shape index (κ2) is 12.1. The van der Waals surface area contributed by atoms with Crippen molar-refractivity contribution >= 4 is 39.8 Å². The molecule has 2 N–H and O–H groups in total. The lowest BCUT2D eigenvalue weighted by Gasteiger charge is -2.48. The number of aliphatic imine (C=N–C) groups is 1. The zero-order valence-electron chi connectivity index (χ0n) is 18.9. The van der Waals surface area contributed by atoms with Crippen LogP contribution in [0.3, 0.4) is 0 Å². The Kier molecular flexibility index (Phi) is 11.2. The number of rotatable bonds is 8. The Balaban J connectivity index is 0.00000420. The van der Waals surface area contributed by atoms with Gasteiger partial charge in [-0.15, -0.1) is 24.0 Å². The minimum Gasteiger partial charge on any atom is -0.356 e. The predicted octanol–water partition coefficient (Wildman–Crippen LogP) is 3.42. The summed E-state index contributed by atoms with van der Waals surface area (Å²) in [5, 5.41) is 7.03. The van der Waals surface area contributed by atoms with Crippen LogP contribution in [-0.2, 0) is 9.84 Å². The molecule has 1 saturated carbocycles. The van der Waals surface area contributed by atoms with Crippen LogP contribution in [0, 0.1) is 5.41 Å². The second-order valence-corrected chi connectivity index (χ2v) is 11.9. The highest BCUT2D eigenvalue weighted by atomic mass is 127. The van der Waals surface area contributed by atoms with Crippen molar-refractivity contribution in [2.24, 2.45) is 10.4 Å². The minimum absolute atomic E-state index is 0. The maximum atomic E-state index is 11.5. The summed E-state index contributed by atoms with van der Waals surface area (Å²) in [7, 11) is -1.11. The maximum absolute atomic E-state index is 11.5. The number of hydrogen-bond acceptors (Lipinski definition) is 4. The van der Waals surface area contributed by atoms with Crippen molar-refractivity contribution in [1.29, 1.82) is 0 Å². The second-order valence-electron chi connectivity index (χ2n) is 9.66. The van der Waals surface area contributed by atoms with Crippen LogP contribution < -0.4 is 10.6 Å². The summed E-state index contributed by atoms with van der Waals surface area (Å²) in [5.74, 6) is 1.06. The number of nitrogens with one attached hydrogen (secondary N) is 2. The first-order valence-corrected chi connectivity index (χ1v) is 13.1. The molecule has 0 spiro atoms. The number of halogens is 1. The van der Waals surface area contributed by atoms with Crippen molar-refractivity contribution in [3.8, 4) is 0 Å². The van der Waals surface area contributed by atoms with Gasteiger partial charge in [0.15, 0.2) is 5.96 Å². The quantitative estimate of drug-likeness (QED) is 0.280. The SMILES string of the molecule is CN=C(NCC(C)(C)CCS(C)(=O)=O)NCC1(N2CCCCC2)CCCCC1.I. The molecule has 0 bridgehead atoms. The van der Waals surface area contributed by atoms with E-state index in [9.17, 15) is 8.42 Å². The van der Waals surface area contributed by atoms with Gasteiger partial charge in [-0.05, 0) is 50.6 Å². The fraction of sp³-hybridized carbons (Fsp3) is 0.952. The first-order valence-electron chi connectivity index (χ1n) is 11.0. The molecular weight excluding hydrogens is 499 g/mol. The molecule has 0 aromatic rings. The summed E-state index contributed by atoms with van der Waals surface area (Å²) in [4.78, 5) is 7.16. The molecule has 2 aliphatic rings. The maximum Gasteiger partial charge on any atom is 0.191 e. The monoisotopic (exact) mass is 542 g/mol. The first-order chi connectivity index (χ1) is 13.2. The number of hydrogen-bond donors (Lipinski definition) is 2. The Morgan fingerprint density at radius 2 is 1.62 bits per heavy atom. The third kappa shape index (κ3) is 9.29. The average Bonchev–Trinajstić information content (AvgIpc) is 2.67. The molecule has 0 atom stereocenters. The Bertz CT molecular complexity index is 610. The van der Waals surface area contributed by atoms with Gasteiger partial charge < -0.3 is 10.6 Å². The molecule has 1 saturated heterocycles. The molecule has 8 heteroatoms. The van der Waals surface area contributed by atoms with Gasteiger partial charge in [0.1, 0.15) is 9.84 Å². The van der Waals surface area contributed by atoms with E-state index in [0.29, 0.717) is 13.0 Å². The average molecular weight is 543 g/mol. The van der Waals surface area contributed by atoms with Gasteiger partial charge in [-0.1, -0.05) is 39.5 Å². The number of likely N-dealkylation sites (tertiary alicyclic amines) is 1. The van der Waals surface area contributed by atoms with Crippen LogP contribution in [0.25, 0.3) is 0 Å². The van der Waals surface area contributed by atoms with Crippen LogP contribution in [0.4, 0.5) is 0 Å². The lowest BCUT2D eigenvalue weighted by atomic mass is 9.79. The fourth-order valence-corrected chi connectivity index (χ4v) is 5.45. The molecule has 0 unspecified atom stereocenters. The van der Waals surface area contributed by atoms with Crippen LogP contribution in [0.15, 0.2) is 4.99 Å². The van der Waals surface area contributed by atoms with E-state index in [1.165, 1.54) is 70.7 Å². The summed E-state index contributed by atoms with van der Waals surface area (Å²) >= 11 is 0. The van der Waals surface area contributed by atoms with Gasteiger partial charge in [-0.3, -0.25) is 9.89 Å². The van der Waals surface area contributed by atoms with Crippen LogP contribution in [0.5, 0.6) is 0 Å². The van der Waals surface area contributed by atoms with Crippen molar-refractivity contribution in [2.45, 2.75) is 77.2 Å². The molecule has 1 heterocycles. The van der Waals surface area contributed by atoms with Gasteiger partial charge in [-0.2, -0.15) is 0 Å². The third-order valence-corrected chi connectivity index (χ3v) is 7.45. The molecular formula is C21H43IN4O2S. The van der Waals surface area contributed by atoms with Crippen LogP contribution >= 0.6 is 24.0 Å². The first kappa shape index (κ1) is 26.9. The van der Waals surface area contributed by atoms with Crippen molar-refractivity contribution in [1.82, 2.24) is 15.5 Å². The van der Waals surface area contributed by atoms with Crippen molar-refractivity contribution in [3.05, 3.63) is 0 Å². The topological polar surface area (TPSA) is 73.8 Å². The summed E-state index contributed by atoms with van der Waals surface area (Å²) in [5.41, 5.74) is 0.165. The highest BCUT2D eigenvalue weighted by Gasteiger charge is 2.38. The Labute approximate surface area is 196 Å². The minimum atomic E-state index is -2.93. The largest absolute Gasteiger partial charge is 0.356 e. The van der Waals surface area contributed by atoms with Gasteiger partial charge >= 0.3 is 0 Å². The Hall–Kier alpha value is -0.0900. The molecule has 0 aromatic carbocycles. The van der Waals surface area contributed by atoms with E-state index in [1.807, 2.05) is 7.05 Å². The summed E-state index contributed by atoms with van der Waals surface area (Å²) in [6.45, 7) is 8.32. The molecule has 1 aliphatic carbocycles. The Morgan fingerprint density at radius 1 is 1.03 bits per heavy atom. The molecule has 2 fully saturated rings. The van der Waals surface area contributed by atoms with E-state index >= 15 is 0 Å². The van der Waals surface area contributed by atoms with Gasteiger partial charge in [0.25, 0.3) is 0 Å². The summed E-state index contributed by atoms with van der Waals surface area (Å²) < 4.78 is 22.9. The highest BCUT2D eigenvalue weighted by Crippen LogP contribution is 2.35. The predicted molar refractivity (Wildman–Crippen MR) is 134 cm³/mol. The third-order valence-electron chi connectivity index (χ3n) is 6.50. The van der Waals surface area contributed by atoms with E-state index in [1.54, 1.807) is 0 Å². The van der Waals surface area contributed by atoms with E-state index in [4.69, 9.17) is 0 Å². The molecule has 1 aliphatic heterocycles. The van der Waals surface area contributed by atoms with Gasteiger partial charge in [0.2, 0.25) is 0 Å². The Morgan fingerprint density at radius 3 is 2.17 bits per heavy atom. The molecule has 0 radical (unpaired) electrons. The zero-order chi connectivity index (χ0) is 20.7. The highest BCUT2D eigenvalue weighted by molar-refractivity contribution is 14.0. The van der Waals surface area contributed by atoms with E-state index in [2.05, 4.69) is 34.4 Å². The zero-order valence-corrected chi connectivity index (χ0v) is 22.1. The lowest BCUT2D eigenvalue weighted by Crippen LogP contribution is -2.59. The molecule has 2 rings (SSSR count). The van der Waals surface area contributed by atoms with Gasteiger partial charge in [-0.25, -0.2) is 8.42 Å². The van der Waals surface area contributed by atoms with E-state index in [-0.39, 0.29) is 40.7 Å². The molecule has 0 amide bonds. The molecule has 6 nitrogen and oxygen atoms in total. The van der Waals surface area contributed by atoms with Crippen molar-refractivity contribution in [3.63, 3.8) is 0 Å². The normalized spacial score (nSPS) is 21.3. The van der Waals surface area contributed by atoms with Crippen molar-refractivity contribution in [2.75, 3.05) is 45.2 Å². The van der Waals surface area contributed by atoms with Crippen LogP contribution in [0.2, 0.25) is 0 Å². The van der Waals surface area contributed by atoms with Crippen LogP contribution in [-0.4, -0.2) is 70.1 Å². The molecule has 0 aromatic heterocycles. The number of nitrogens with zero attached hydrogens (tertiary/aromatic N) is 2. The molecule has 29 heavy (non-hydrogen) atoms. The fourth-order valence-electron chi connectivity index (χ4n) is 4.52. The van der Waals surface area contributed by atoms with E-state index in [0.717, 1.165) is 12.5 Å². The van der Waals surface area contributed by atoms with Gasteiger partial charge in [0, 0.05) is 31.9 Å². The smallest absolute Gasteiger partial charge is 0.191 e. The number of piperidine rings is 1. The lowest BCUT2D eigenvalue weighted by molar-refractivity contribution is 0.0368. The summed E-state index contributed by atoms with van der Waals surface area (Å²) in [6, 6.07) is 0. The summed E-state index contributed by atoms with van der Waals surface area (Å²) in [6.07, 6.45) is 12.5. The number of sulfone groups is 1. The van der Waals surface area contributed by atoms with Crippen molar-refractivity contribution < 1.29 is 8.42 Å². The molecule has 172 valence electrons.